The average Bonchev–Trinajstić information content (AvgIpc) is 2.82. The van der Waals surface area contributed by atoms with E-state index in [4.69, 9.17) is 5.11 Å². The van der Waals surface area contributed by atoms with Gasteiger partial charge in [-0.15, -0.1) is 0 Å². The number of nitrogens with one attached hydrogen (secondary N) is 1. The first-order valence-electron chi connectivity index (χ1n) is 9.96. The highest BCUT2D eigenvalue weighted by Crippen LogP contribution is 2.31. The van der Waals surface area contributed by atoms with Gasteiger partial charge in [0.1, 0.15) is 22.4 Å². The van der Waals surface area contributed by atoms with Crippen LogP contribution in [0.25, 0.3) is 11.0 Å². The Hall–Kier alpha value is -2.34. The fourth-order valence-electron chi connectivity index (χ4n) is 3.17. The van der Waals surface area contributed by atoms with Gasteiger partial charge in [0.05, 0.1) is 12.7 Å². The molecule has 3 heterocycles. The summed E-state index contributed by atoms with van der Waals surface area (Å²) in [5.74, 6) is 2.89. The summed E-state index contributed by atoms with van der Waals surface area (Å²) in [6.45, 7) is 1.00. The van der Waals surface area contributed by atoms with Crippen molar-refractivity contribution in [2.24, 2.45) is 0 Å². The number of nitrogens with zero attached hydrogens (tertiary/aromatic N) is 5. The van der Waals surface area contributed by atoms with Crippen LogP contribution < -0.4 is 10.2 Å². The van der Waals surface area contributed by atoms with Gasteiger partial charge in [-0.2, -0.15) is 4.98 Å². The fourth-order valence-corrected chi connectivity index (χ4v) is 5.11. The summed E-state index contributed by atoms with van der Waals surface area (Å²) in [5.41, 5.74) is 2.45. The van der Waals surface area contributed by atoms with E-state index in [1.807, 2.05) is 18.2 Å². The molecule has 1 aliphatic rings. The third-order valence-electron chi connectivity index (χ3n) is 4.83. The molecule has 4 rings (SSSR count). The molecule has 0 radical (unpaired) electrons. The van der Waals surface area contributed by atoms with Crippen molar-refractivity contribution < 1.29 is 14.4 Å². The van der Waals surface area contributed by atoms with E-state index in [0.29, 0.717) is 47.4 Å². The molecule has 164 valence electrons. The Morgan fingerprint density at radius 2 is 1.90 bits per heavy atom. The Morgan fingerprint density at radius 1 is 1.13 bits per heavy atom. The van der Waals surface area contributed by atoms with Gasteiger partial charge >= 0.3 is 0 Å². The highest BCUT2D eigenvalue weighted by Gasteiger charge is 2.22. The van der Waals surface area contributed by atoms with Crippen molar-refractivity contribution in [2.75, 3.05) is 48.0 Å². The van der Waals surface area contributed by atoms with Crippen molar-refractivity contribution in [3.8, 4) is 0 Å². The third-order valence-corrected chi connectivity index (χ3v) is 7.16. The minimum absolute atomic E-state index is 0.117. The number of rotatable bonds is 8. The molecule has 2 aromatic heterocycles. The Morgan fingerprint density at radius 3 is 2.65 bits per heavy atom. The second-order valence-corrected chi connectivity index (χ2v) is 9.73. The van der Waals surface area contributed by atoms with Crippen LogP contribution in [-0.2, 0) is 16.6 Å². The lowest BCUT2D eigenvalue weighted by Gasteiger charge is -2.28. The number of aliphatic hydroxyl groups excluding tert-OH is 2. The Balaban J connectivity index is 1.69. The van der Waals surface area contributed by atoms with Crippen LogP contribution >= 0.6 is 11.8 Å². The standard InChI is InChI=1S/C20H24N6O3S2/c27-11-15(28)10-21-20-24-17-16(18(25-20)26-6-8-31(29)9-7-26)22-13-23-19(17)30-12-14-4-2-1-3-5-14/h1-5,13,15,27-28H,6-12H2,(H,21,24,25). The summed E-state index contributed by atoms with van der Waals surface area (Å²) in [6.07, 6.45) is 0.604. The van der Waals surface area contributed by atoms with Crippen LogP contribution in [0.2, 0.25) is 0 Å². The van der Waals surface area contributed by atoms with Crippen LogP contribution in [-0.4, -0.2) is 78.2 Å². The van der Waals surface area contributed by atoms with E-state index in [-0.39, 0.29) is 13.2 Å². The predicted molar refractivity (Wildman–Crippen MR) is 123 cm³/mol. The number of benzene rings is 1. The van der Waals surface area contributed by atoms with Crippen LogP contribution in [0.4, 0.5) is 11.8 Å². The molecule has 9 nitrogen and oxygen atoms in total. The predicted octanol–water partition coefficient (Wildman–Crippen LogP) is 1.05. The second kappa shape index (κ2) is 10.3. The molecule has 1 aromatic carbocycles. The first-order chi connectivity index (χ1) is 15.1. The van der Waals surface area contributed by atoms with Crippen molar-refractivity contribution in [3.05, 3.63) is 42.2 Å². The zero-order chi connectivity index (χ0) is 21.6. The van der Waals surface area contributed by atoms with Gasteiger partial charge < -0.3 is 20.4 Å². The monoisotopic (exact) mass is 460 g/mol. The van der Waals surface area contributed by atoms with Crippen LogP contribution in [0.5, 0.6) is 0 Å². The summed E-state index contributed by atoms with van der Waals surface area (Å²) in [5, 5.41) is 22.5. The maximum Gasteiger partial charge on any atom is 0.225 e. The number of thioether (sulfide) groups is 1. The first kappa shape index (κ1) is 21.9. The maximum atomic E-state index is 11.8. The number of fused-ring (bicyclic) bond motifs is 1. The van der Waals surface area contributed by atoms with E-state index in [1.54, 1.807) is 11.8 Å². The number of aromatic nitrogens is 4. The quantitative estimate of drug-likeness (QED) is 0.332. The van der Waals surface area contributed by atoms with Crippen molar-refractivity contribution in [3.63, 3.8) is 0 Å². The van der Waals surface area contributed by atoms with Gasteiger partial charge in [0.15, 0.2) is 5.82 Å². The van der Waals surface area contributed by atoms with E-state index >= 15 is 0 Å². The van der Waals surface area contributed by atoms with Gasteiger partial charge in [-0.25, -0.2) is 15.0 Å². The zero-order valence-electron chi connectivity index (χ0n) is 16.8. The molecular formula is C20H24N6O3S2. The van der Waals surface area contributed by atoms with E-state index in [9.17, 15) is 9.32 Å². The number of hydrogen-bond acceptors (Lipinski definition) is 10. The molecule has 3 N–H and O–H groups in total. The highest BCUT2D eigenvalue weighted by molar-refractivity contribution is 7.98. The Kier molecular flexibility index (Phi) is 7.28. The molecule has 1 aliphatic heterocycles. The first-order valence-corrected chi connectivity index (χ1v) is 12.4. The van der Waals surface area contributed by atoms with Gasteiger partial charge in [-0.1, -0.05) is 42.1 Å². The van der Waals surface area contributed by atoms with Crippen LogP contribution in [0.15, 0.2) is 41.7 Å². The molecule has 0 saturated carbocycles. The number of hydrogen-bond donors (Lipinski definition) is 3. The molecule has 0 spiro atoms. The lowest BCUT2D eigenvalue weighted by atomic mass is 10.2. The SMILES string of the molecule is O=S1CCN(c2nc(NCC(O)CO)nc3c(SCc4ccccc4)ncnc23)CC1. The molecule has 3 aromatic rings. The third kappa shape index (κ3) is 5.48. The van der Waals surface area contributed by atoms with E-state index in [1.165, 1.54) is 11.9 Å². The van der Waals surface area contributed by atoms with Crippen molar-refractivity contribution in [2.45, 2.75) is 16.9 Å². The second-order valence-electron chi connectivity index (χ2n) is 7.07. The van der Waals surface area contributed by atoms with E-state index < -0.39 is 16.9 Å². The van der Waals surface area contributed by atoms with Crippen molar-refractivity contribution >= 4 is 45.4 Å². The topological polar surface area (TPSA) is 124 Å². The fraction of sp³-hybridized carbons (Fsp3) is 0.400. The van der Waals surface area contributed by atoms with Gasteiger partial charge in [-0.3, -0.25) is 4.21 Å². The lowest BCUT2D eigenvalue weighted by molar-refractivity contribution is 0.105. The van der Waals surface area contributed by atoms with Crippen LogP contribution in [0.3, 0.4) is 0 Å². The molecule has 0 amide bonds. The lowest BCUT2D eigenvalue weighted by Crippen LogP contribution is -2.38. The van der Waals surface area contributed by atoms with Gasteiger partial charge in [-0.05, 0) is 5.56 Å². The number of aliphatic hydroxyl groups is 2. The van der Waals surface area contributed by atoms with Gasteiger partial charge in [0, 0.05) is 47.7 Å². The van der Waals surface area contributed by atoms with E-state index in [2.05, 4.69) is 42.3 Å². The molecule has 1 fully saturated rings. The average molecular weight is 461 g/mol. The Labute approximate surface area is 186 Å². The molecule has 1 unspecified atom stereocenters. The largest absolute Gasteiger partial charge is 0.394 e. The normalized spacial score (nSPS) is 15.9. The molecule has 11 heteroatoms. The molecule has 1 atom stereocenters. The minimum atomic E-state index is -0.917. The molecular weight excluding hydrogens is 436 g/mol. The highest BCUT2D eigenvalue weighted by atomic mass is 32.2. The van der Waals surface area contributed by atoms with Gasteiger partial charge in [0.2, 0.25) is 5.95 Å². The van der Waals surface area contributed by atoms with Crippen molar-refractivity contribution in [1.29, 1.82) is 0 Å². The smallest absolute Gasteiger partial charge is 0.225 e. The van der Waals surface area contributed by atoms with Crippen LogP contribution in [0.1, 0.15) is 5.56 Å². The minimum Gasteiger partial charge on any atom is -0.394 e. The summed E-state index contributed by atoms with van der Waals surface area (Å²) in [4.78, 5) is 20.2. The molecule has 31 heavy (non-hydrogen) atoms. The summed E-state index contributed by atoms with van der Waals surface area (Å²) >= 11 is 1.57. The summed E-state index contributed by atoms with van der Waals surface area (Å²) < 4.78 is 11.8. The maximum absolute atomic E-state index is 11.8. The molecule has 0 aliphatic carbocycles. The summed E-state index contributed by atoms with van der Waals surface area (Å²) in [7, 11) is -0.812. The summed E-state index contributed by atoms with van der Waals surface area (Å²) in [6, 6.07) is 10.1. The number of anilines is 2. The van der Waals surface area contributed by atoms with Crippen molar-refractivity contribution in [1.82, 2.24) is 19.9 Å². The van der Waals surface area contributed by atoms with E-state index in [0.717, 1.165) is 10.8 Å². The van der Waals surface area contributed by atoms with Gasteiger partial charge in [0.25, 0.3) is 0 Å². The zero-order valence-corrected chi connectivity index (χ0v) is 18.5. The van der Waals surface area contributed by atoms with Crippen LogP contribution in [0, 0.1) is 0 Å². The Bertz CT molecular complexity index is 1050. The molecule has 1 saturated heterocycles. The molecule has 0 bridgehead atoms.